The lowest BCUT2D eigenvalue weighted by atomic mass is 10.0. The lowest BCUT2D eigenvalue weighted by Crippen LogP contribution is -2.26. The van der Waals surface area contributed by atoms with E-state index in [1.807, 2.05) is 77.1 Å². The molecule has 0 fully saturated rings. The number of carbonyl (C=O) groups is 1. The smallest absolute Gasteiger partial charge is 0.416 e. The van der Waals surface area contributed by atoms with Crippen LogP contribution in [0.3, 0.4) is 0 Å². The summed E-state index contributed by atoms with van der Waals surface area (Å²) < 4.78 is 58.9. The maximum absolute atomic E-state index is 13.0. The molecule has 0 aliphatic rings. The van der Waals surface area contributed by atoms with Crippen molar-refractivity contribution in [2.75, 3.05) is 13.2 Å². The summed E-state index contributed by atoms with van der Waals surface area (Å²) in [5.74, 6) is 0.0209. The van der Waals surface area contributed by atoms with E-state index in [0.29, 0.717) is 18.8 Å². The van der Waals surface area contributed by atoms with Gasteiger partial charge in [0.1, 0.15) is 17.5 Å². The van der Waals surface area contributed by atoms with Gasteiger partial charge in [0.05, 0.1) is 31.2 Å². The first-order valence-electron chi connectivity index (χ1n) is 12.7. The van der Waals surface area contributed by atoms with E-state index in [-0.39, 0.29) is 25.0 Å². The zero-order chi connectivity index (χ0) is 27.9. The average Bonchev–Trinajstić information content (AvgIpc) is 3.17. The van der Waals surface area contributed by atoms with Crippen molar-refractivity contribution < 1.29 is 32.2 Å². The second-order valence-electron chi connectivity index (χ2n) is 10.3. The molecule has 0 aliphatic heterocycles. The van der Waals surface area contributed by atoms with Crippen molar-refractivity contribution in [2.24, 2.45) is 0 Å². The normalized spacial score (nSPS) is 13.7. The molecule has 1 aromatic heterocycles. The molecule has 1 heterocycles. The van der Waals surface area contributed by atoms with Gasteiger partial charge in [-0.25, -0.2) is 0 Å². The number of esters is 1. The van der Waals surface area contributed by atoms with Crippen LogP contribution < -0.4 is 4.74 Å². The second-order valence-corrected chi connectivity index (χ2v) is 10.3. The van der Waals surface area contributed by atoms with Crippen LogP contribution in [0.4, 0.5) is 13.2 Å². The lowest BCUT2D eigenvalue weighted by molar-refractivity contribution is -0.156. The van der Waals surface area contributed by atoms with Gasteiger partial charge in [-0.15, -0.1) is 0 Å². The highest BCUT2D eigenvalue weighted by molar-refractivity contribution is 5.69. The van der Waals surface area contributed by atoms with Crippen LogP contribution in [0.15, 0.2) is 66.7 Å². The molecule has 0 amide bonds. The molecular formula is C30H36F3NO4. The number of benzene rings is 2. The van der Waals surface area contributed by atoms with Crippen molar-refractivity contribution in [3.63, 3.8) is 0 Å². The van der Waals surface area contributed by atoms with Crippen LogP contribution in [0.5, 0.6) is 5.75 Å². The molecule has 0 spiro atoms. The average molecular weight is 532 g/mol. The molecule has 0 unspecified atom stereocenters. The Bertz CT molecular complexity index is 1150. The van der Waals surface area contributed by atoms with E-state index < -0.39 is 23.4 Å². The second kappa shape index (κ2) is 12.5. The molecule has 38 heavy (non-hydrogen) atoms. The fraction of sp³-hybridized carbons (Fsp3) is 0.433. The summed E-state index contributed by atoms with van der Waals surface area (Å²) in [5.41, 5.74) is 1.70. The van der Waals surface area contributed by atoms with Crippen molar-refractivity contribution in [3.8, 4) is 5.75 Å². The van der Waals surface area contributed by atoms with Crippen LogP contribution in [-0.4, -0.2) is 29.4 Å². The molecule has 0 saturated carbocycles. The van der Waals surface area contributed by atoms with Gasteiger partial charge in [0, 0.05) is 17.8 Å². The van der Waals surface area contributed by atoms with E-state index >= 15 is 0 Å². The molecule has 3 rings (SSSR count). The van der Waals surface area contributed by atoms with Crippen molar-refractivity contribution in [3.05, 3.63) is 89.2 Å². The molecule has 2 atom stereocenters. The first kappa shape index (κ1) is 29.3. The number of ether oxygens (including phenoxy) is 3. The summed E-state index contributed by atoms with van der Waals surface area (Å²) in [5, 5.41) is 0. The fourth-order valence-electron chi connectivity index (χ4n) is 4.33. The quantitative estimate of drug-likeness (QED) is 0.189. The van der Waals surface area contributed by atoms with Crippen LogP contribution in [0.1, 0.15) is 68.3 Å². The summed E-state index contributed by atoms with van der Waals surface area (Å²) in [4.78, 5) is 12.1. The van der Waals surface area contributed by atoms with Crippen LogP contribution in [0.2, 0.25) is 0 Å². The number of nitrogens with zero attached hydrogens (tertiary/aromatic N) is 1. The largest absolute Gasteiger partial charge is 0.486 e. The molecular weight excluding hydrogens is 495 g/mol. The third-order valence-corrected chi connectivity index (χ3v) is 5.99. The van der Waals surface area contributed by atoms with E-state index in [4.69, 9.17) is 14.2 Å². The number of halogens is 3. The number of hydrogen-bond acceptors (Lipinski definition) is 4. The van der Waals surface area contributed by atoms with Gasteiger partial charge in [-0.2, -0.15) is 13.2 Å². The van der Waals surface area contributed by atoms with Crippen LogP contribution >= 0.6 is 0 Å². The highest BCUT2D eigenvalue weighted by atomic mass is 19.4. The number of aromatic nitrogens is 1. The third-order valence-electron chi connectivity index (χ3n) is 5.99. The molecule has 3 aromatic rings. The van der Waals surface area contributed by atoms with Crippen LogP contribution in [0.25, 0.3) is 0 Å². The van der Waals surface area contributed by atoms with E-state index in [9.17, 15) is 18.0 Å². The predicted molar refractivity (Wildman–Crippen MR) is 140 cm³/mol. The van der Waals surface area contributed by atoms with E-state index in [1.54, 1.807) is 0 Å². The van der Waals surface area contributed by atoms with E-state index in [2.05, 4.69) is 4.57 Å². The Hall–Kier alpha value is -3.26. The van der Waals surface area contributed by atoms with Gasteiger partial charge in [0.2, 0.25) is 0 Å². The maximum Gasteiger partial charge on any atom is 0.416 e. The molecule has 8 heteroatoms. The van der Waals surface area contributed by atoms with E-state index in [0.717, 1.165) is 29.1 Å². The Balaban J connectivity index is 1.79. The molecule has 2 aromatic carbocycles. The Morgan fingerprint density at radius 2 is 1.50 bits per heavy atom. The number of carbonyl (C=O) groups excluding carboxylic acids is 1. The third kappa shape index (κ3) is 8.65. The minimum atomic E-state index is -4.41. The number of aryl methyl sites for hydroxylation is 2. The summed E-state index contributed by atoms with van der Waals surface area (Å²) in [6.45, 7) is 10.0. The summed E-state index contributed by atoms with van der Waals surface area (Å²) in [7, 11) is 0. The van der Waals surface area contributed by atoms with Crippen molar-refractivity contribution in [1.82, 2.24) is 4.57 Å². The predicted octanol–water partition coefficient (Wildman–Crippen LogP) is 7.62. The molecule has 0 N–H and O–H groups in total. The fourth-order valence-corrected chi connectivity index (χ4v) is 4.33. The van der Waals surface area contributed by atoms with Gasteiger partial charge >= 0.3 is 12.1 Å². The highest BCUT2D eigenvalue weighted by Crippen LogP contribution is 2.34. The van der Waals surface area contributed by atoms with Crippen molar-refractivity contribution >= 4 is 5.97 Å². The SMILES string of the molecule is Cc1ccc(C)n1[C@H](COCCC(=O)OC(C)(C)C)C[C@@H](Oc1ccc(C(F)(F)F)cc1)c1ccccc1. The standard InChI is InChI=1S/C30H36F3NO4/c1-21-11-12-22(2)34(21)25(20-36-18-17-28(35)38-29(3,4)5)19-27(23-9-7-6-8-10-23)37-26-15-13-24(14-16-26)30(31,32)33/h6-16,25,27H,17-20H2,1-5H3/t25-,27+/m0/s1. The van der Waals surface area contributed by atoms with E-state index in [1.165, 1.54) is 12.1 Å². The van der Waals surface area contributed by atoms with Gasteiger partial charge in [-0.05, 0) is 76.6 Å². The Morgan fingerprint density at radius 1 is 0.895 bits per heavy atom. The molecule has 0 saturated heterocycles. The summed E-state index contributed by atoms with van der Waals surface area (Å²) in [6.07, 6.45) is -4.23. The lowest BCUT2D eigenvalue weighted by Gasteiger charge is -2.28. The summed E-state index contributed by atoms with van der Waals surface area (Å²) in [6, 6.07) is 18.2. The van der Waals surface area contributed by atoms with Crippen LogP contribution in [0, 0.1) is 13.8 Å². The maximum atomic E-state index is 13.0. The number of hydrogen-bond donors (Lipinski definition) is 0. The van der Waals surface area contributed by atoms with Gasteiger partial charge in [0.15, 0.2) is 0 Å². The van der Waals surface area contributed by atoms with Gasteiger partial charge in [-0.1, -0.05) is 30.3 Å². The zero-order valence-electron chi connectivity index (χ0n) is 22.5. The monoisotopic (exact) mass is 531 g/mol. The first-order valence-corrected chi connectivity index (χ1v) is 12.7. The minimum Gasteiger partial charge on any atom is -0.486 e. The zero-order valence-corrected chi connectivity index (χ0v) is 22.5. The highest BCUT2D eigenvalue weighted by Gasteiger charge is 2.30. The molecule has 206 valence electrons. The topological polar surface area (TPSA) is 49.7 Å². The minimum absolute atomic E-state index is 0.137. The summed E-state index contributed by atoms with van der Waals surface area (Å²) >= 11 is 0. The number of alkyl halides is 3. The Morgan fingerprint density at radius 3 is 2.05 bits per heavy atom. The number of rotatable bonds is 11. The first-order chi connectivity index (χ1) is 17.8. The van der Waals surface area contributed by atoms with Crippen molar-refractivity contribution in [2.45, 2.75) is 71.4 Å². The molecule has 0 bridgehead atoms. The molecule has 5 nitrogen and oxygen atoms in total. The molecule has 0 aliphatic carbocycles. The Kier molecular flexibility index (Phi) is 9.66. The Labute approximate surface area is 222 Å². The van der Waals surface area contributed by atoms with Gasteiger partial charge < -0.3 is 18.8 Å². The van der Waals surface area contributed by atoms with Crippen molar-refractivity contribution in [1.29, 1.82) is 0 Å². The van der Waals surface area contributed by atoms with Crippen LogP contribution in [-0.2, 0) is 20.4 Å². The van der Waals surface area contributed by atoms with Gasteiger partial charge in [0.25, 0.3) is 0 Å². The molecule has 0 radical (unpaired) electrons. The van der Waals surface area contributed by atoms with Gasteiger partial charge in [-0.3, -0.25) is 4.79 Å².